The third-order valence-electron chi connectivity index (χ3n) is 3.40. The topological polar surface area (TPSA) is 68.0 Å². The molecular weight excluding hydrogens is 333 g/mol. The van der Waals surface area contributed by atoms with Gasteiger partial charge in [-0.1, -0.05) is 18.2 Å². The molecule has 0 aliphatic carbocycles. The van der Waals surface area contributed by atoms with E-state index in [4.69, 9.17) is 5.73 Å². The molecule has 0 fully saturated rings. The average molecular weight is 353 g/mol. The number of thioether (sulfide) groups is 1. The van der Waals surface area contributed by atoms with Gasteiger partial charge in [0, 0.05) is 11.3 Å². The van der Waals surface area contributed by atoms with E-state index in [0.29, 0.717) is 23.5 Å². The van der Waals surface area contributed by atoms with Crippen molar-refractivity contribution in [1.29, 1.82) is 0 Å². The second-order valence-corrected chi connectivity index (χ2v) is 7.24. The number of nitrogens with zero attached hydrogens (tertiary/aromatic N) is 1. The smallest absolute Gasteiger partial charge is 0.243 e. The number of nitrogens with two attached hydrogens (primary N) is 1. The Kier molecular flexibility index (Phi) is 6.56. The summed E-state index contributed by atoms with van der Waals surface area (Å²) in [5.41, 5.74) is 7.26. The van der Waals surface area contributed by atoms with Gasteiger partial charge >= 0.3 is 0 Å². The summed E-state index contributed by atoms with van der Waals surface area (Å²) in [6.07, 6.45) is 3.06. The van der Waals surface area contributed by atoms with Crippen molar-refractivity contribution in [2.75, 3.05) is 17.3 Å². The Labute approximate surface area is 143 Å². The number of thiazole rings is 1. The van der Waals surface area contributed by atoms with Gasteiger partial charge in [0.1, 0.15) is 5.82 Å². The molecule has 0 radical (unpaired) electrons. The zero-order chi connectivity index (χ0) is 16.8. The summed E-state index contributed by atoms with van der Waals surface area (Å²) in [4.78, 5) is 17.3. The zero-order valence-corrected chi connectivity index (χ0v) is 14.8. The first-order valence-corrected chi connectivity index (χ1v) is 9.47. The lowest BCUT2D eigenvalue weighted by Crippen LogP contribution is -2.36. The molecule has 0 unspecified atom stereocenters. The van der Waals surface area contributed by atoms with Crippen molar-refractivity contribution in [1.82, 2.24) is 4.98 Å². The van der Waals surface area contributed by atoms with Crippen LogP contribution in [0.15, 0.2) is 24.3 Å². The van der Waals surface area contributed by atoms with Crippen molar-refractivity contribution in [3.05, 3.63) is 46.2 Å². The fourth-order valence-electron chi connectivity index (χ4n) is 2.03. The molecule has 0 bridgehead atoms. The maximum absolute atomic E-state index is 13.7. The lowest BCUT2D eigenvalue weighted by atomic mass is 10.1. The molecule has 1 heterocycles. The number of rotatable bonds is 7. The van der Waals surface area contributed by atoms with E-state index in [1.807, 2.05) is 19.2 Å². The minimum absolute atomic E-state index is 0.231. The van der Waals surface area contributed by atoms with E-state index in [2.05, 4.69) is 10.3 Å². The predicted octanol–water partition coefficient (Wildman–Crippen LogP) is 3.20. The molecule has 1 atom stereocenters. The summed E-state index contributed by atoms with van der Waals surface area (Å²) in [5, 5.41) is 3.27. The molecule has 2 aromatic rings. The molecule has 1 aromatic carbocycles. The van der Waals surface area contributed by atoms with Crippen molar-refractivity contribution in [2.45, 2.75) is 25.8 Å². The lowest BCUT2D eigenvalue weighted by Gasteiger charge is -2.09. The average Bonchev–Trinajstić information content (AvgIpc) is 2.86. The number of carbonyl (C=O) groups excluding carboxylic acids is 1. The predicted molar refractivity (Wildman–Crippen MR) is 95.7 cm³/mol. The number of amides is 1. The quantitative estimate of drug-likeness (QED) is 0.802. The van der Waals surface area contributed by atoms with Gasteiger partial charge < -0.3 is 11.1 Å². The number of hydrogen-bond donors (Lipinski definition) is 2. The van der Waals surface area contributed by atoms with Crippen molar-refractivity contribution in [2.24, 2.45) is 5.73 Å². The number of carbonyl (C=O) groups is 1. The Balaban J connectivity index is 2.03. The molecule has 0 aliphatic rings. The highest BCUT2D eigenvalue weighted by Gasteiger charge is 2.16. The number of halogens is 1. The first-order chi connectivity index (χ1) is 11.0. The van der Waals surface area contributed by atoms with Gasteiger partial charge in [0.05, 0.1) is 11.7 Å². The van der Waals surface area contributed by atoms with Crippen LogP contribution in [0, 0.1) is 12.7 Å². The van der Waals surface area contributed by atoms with Crippen LogP contribution in [-0.4, -0.2) is 28.9 Å². The van der Waals surface area contributed by atoms with Crippen LogP contribution < -0.4 is 11.1 Å². The third kappa shape index (κ3) is 5.02. The van der Waals surface area contributed by atoms with Crippen LogP contribution >= 0.6 is 23.1 Å². The van der Waals surface area contributed by atoms with Gasteiger partial charge in [-0.2, -0.15) is 11.8 Å². The van der Waals surface area contributed by atoms with Gasteiger partial charge in [0.2, 0.25) is 5.91 Å². The van der Waals surface area contributed by atoms with Gasteiger partial charge in [-0.15, -0.1) is 11.3 Å². The van der Waals surface area contributed by atoms with Crippen molar-refractivity contribution in [3.8, 4) is 0 Å². The summed E-state index contributed by atoms with van der Waals surface area (Å²) < 4.78 is 13.7. The summed E-state index contributed by atoms with van der Waals surface area (Å²) in [7, 11) is 0. The third-order valence-corrected chi connectivity index (χ3v) is 5.12. The molecule has 0 saturated heterocycles. The molecule has 0 spiro atoms. The Morgan fingerprint density at radius 1 is 1.48 bits per heavy atom. The highest BCUT2D eigenvalue weighted by molar-refractivity contribution is 7.98. The number of anilines is 1. The van der Waals surface area contributed by atoms with Gasteiger partial charge in [0.15, 0.2) is 5.13 Å². The highest BCUT2D eigenvalue weighted by Crippen LogP contribution is 2.26. The number of benzene rings is 1. The fraction of sp³-hybridized carbons (Fsp3) is 0.375. The number of nitrogens with one attached hydrogen (secondary N) is 1. The molecule has 0 saturated carbocycles. The van der Waals surface area contributed by atoms with Crippen LogP contribution in [0.3, 0.4) is 0 Å². The zero-order valence-electron chi connectivity index (χ0n) is 13.1. The van der Waals surface area contributed by atoms with E-state index in [1.165, 1.54) is 17.4 Å². The fourth-order valence-corrected chi connectivity index (χ4v) is 3.51. The van der Waals surface area contributed by atoms with E-state index < -0.39 is 6.04 Å². The maximum atomic E-state index is 13.7. The van der Waals surface area contributed by atoms with Crippen molar-refractivity contribution >= 4 is 34.1 Å². The van der Waals surface area contributed by atoms with Crippen LogP contribution in [0.4, 0.5) is 9.52 Å². The van der Waals surface area contributed by atoms with Gasteiger partial charge in [0.25, 0.3) is 0 Å². The largest absolute Gasteiger partial charge is 0.320 e. The highest BCUT2D eigenvalue weighted by atomic mass is 32.2. The second-order valence-electron chi connectivity index (χ2n) is 5.17. The summed E-state index contributed by atoms with van der Waals surface area (Å²) in [6.45, 7) is 1.86. The van der Waals surface area contributed by atoms with Crippen LogP contribution in [0.1, 0.15) is 22.6 Å². The molecule has 3 N–H and O–H groups in total. The Hall–Kier alpha value is -1.44. The number of aryl methyl sites for hydroxylation is 1. The number of aromatic nitrogens is 1. The minimum atomic E-state index is -0.540. The van der Waals surface area contributed by atoms with Crippen LogP contribution in [0.2, 0.25) is 0 Å². The van der Waals surface area contributed by atoms with Crippen LogP contribution in [0.25, 0.3) is 0 Å². The van der Waals surface area contributed by atoms with Crippen LogP contribution in [-0.2, 0) is 11.2 Å². The summed E-state index contributed by atoms with van der Waals surface area (Å²) in [6, 6.07) is 6.13. The Morgan fingerprint density at radius 2 is 2.22 bits per heavy atom. The first-order valence-electron chi connectivity index (χ1n) is 7.26. The van der Waals surface area contributed by atoms with Gasteiger partial charge in [-0.3, -0.25) is 4.79 Å². The Morgan fingerprint density at radius 3 is 2.91 bits per heavy atom. The SMILES string of the molecule is CSCC[C@H](N)C(=O)Nc1nc(C)c(Cc2ccccc2F)s1. The van der Waals surface area contributed by atoms with E-state index in [1.54, 1.807) is 23.9 Å². The van der Waals surface area contributed by atoms with Crippen molar-refractivity contribution in [3.63, 3.8) is 0 Å². The molecular formula is C16H20FN3OS2. The Bertz CT molecular complexity index is 675. The standard InChI is InChI=1S/C16H20FN3OS2/c1-10-14(9-11-5-3-4-6-12(11)17)23-16(19-10)20-15(21)13(18)7-8-22-2/h3-6,13H,7-9,18H2,1-2H3,(H,19,20,21)/t13-/m0/s1. The molecule has 2 rings (SSSR count). The lowest BCUT2D eigenvalue weighted by molar-refractivity contribution is -0.117. The normalized spacial score (nSPS) is 12.2. The number of hydrogen-bond acceptors (Lipinski definition) is 5. The summed E-state index contributed by atoms with van der Waals surface area (Å²) >= 11 is 3.02. The molecule has 0 aliphatic heterocycles. The van der Waals surface area contributed by atoms with E-state index in [9.17, 15) is 9.18 Å². The van der Waals surface area contributed by atoms with Gasteiger partial charge in [-0.25, -0.2) is 9.37 Å². The molecule has 4 nitrogen and oxygen atoms in total. The van der Waals surface area contributed by atoms with E-state index in [0.717, 1.165) is 16.3 Å². The summed E-state index contributed by atoms with van der Waals surface area (Å²) in [5.74, 6) is 0.375. The van der Waals surface area contributed by atoms with Gasteiger partial charge in [-0.05, 0) is 37.0 Å². The minimum Gasteiger partial charge on any atom is -0.320 e. The monoisotopic (exact) mass is 353 g/mol. The van der Waals surface area contributed by atoms with Crippen LogP contribution in [0.5, 0.6) is 0 Å². The molecule has 23 heavy (non-hydrogen) atoms. The van der Waals surface area contributed by atoms with E-state index >= 15 is 0 Å². The molecule has 124 valence electrons. The first kappa shape index (κ1) is 17.9. The van der Waals surface area contributed by atoms with E-state index in [-0.39, 0.29) is 11.7 Å². The van der Waals surface area contributed by atoms with Crippen molar-refractivity contribution < 1.29 is 9.18 Å². The molecule has 7 heteroatoms. The maximum Gasteiger partial charge on any atom is 0.243 e. The molecule has 1 amide bonds. The second kappa shape index (κ2) is 8.42. The molecule has 1 aromatic heterocycles.